The molecule has 4 nitrogen and oxygen atoms in total. The van der Waals surface area contributed by atoms with Crippen molar-refractivity contribution in [3.63, 3.8) is 0 Å². The zero-order valence-corrected chi connectivity index (χ0v) is 6.45. The zero-order chi connectivity index (χ0) is 8.55. The van der Waals surface area contributed by atoms with E-state index in [9.17, 15) is 0 Å². The molecule has 0 fully saturated rings. The summed E-state index contributed by atoms with van der Waals surface area (Å²) < 4.78 is 5.03. The molecule has 0 radical (unpaired) electrons. The Morgan fingerprint density at radius 1 is 1.33 bits per heavy atom. The predicted octanol–water partition coefficient (Wildman–Crippen LogP) is 0.745. The zero-order valence-electron chi connectivity index (χ0n) is 6.45. The summed E-state index contributed by atoms with van der Waals surface area (Å²) in [5, 5.41) is 0. The van der Waals surface area contributed by atoms with E-state index in [1.807, 2.05) is 18.2 Å². The van der Waals surface area contributed by atoms with Gasteiger partial charge in [0.25, 0.3) is 6.02 Å². The first kappa shape index (κ1) is 6.97. The van der Waals surface area contributed by atoms with E-state index >= 15 is 0 Å². The molecule has 4 heteroatoms. The standard InChI is InChI=1S/C8H9N3O/c9-6-2-1-3-7-5(6)4-12-8(10)11-7/h1-3H,4,9H2,(H2,10,11). The second-order valence-electron chi connectivity index (χ2n) is 2.58. The van der Waals surface area contributed by atoms with Crippen LogP contribution < -0.4 is 11.5 Å². The van der Waals surface area contributed by atoms with Gasteiger partial charge in [-0.15, -0.1) is 0 Å². The lowest BCUT2D eigenvalue weighted by Crippen LogP contribution is -2.19. The Bertz CT molecular complexity index is 346. The lowest BCUT2D eigenvalue weighted by atomic mass is 10.1. The quantitative estimate of drug-likeness (QED) is 0.554. The first-order valence-corrected chi connectivity index (χ1v) is 3.61. The Labute approximate surface area is 69.8 Å². The molecule has 0 saturated carbocycles. The first-order valence-electron chi connectivity index (χ1n) is 3.61. The number of amidine groups is 1. The molecule has 0 amide bonds. The van der Waals surface area contributed by atoms with Gasteiger partial charge in [-0.05, 0) is 12.1 Å². The van der Waals surface area contributed by atoms with E-state index in [1.165, 1.54) is 0 Å². The van der Waals surface area contributed by atoms with Crippen molar-refractivity contribution in [3.8, 4) is 0 Å². The van der Waals surface area contributed by atoms with Gasteiger partial charge in [-0.1, -0.05) is 6.07 Å². The van der Waals surface area contributed by atoms with Crippen molar-refractivity contribution in [2.45, 2.75) is 6.61 Å². The maximum Gasteiger partial charge on any atom is 0.287 e. The van der Waals surface area contributed by atoms with Gasteiger partial charge >= 0.3 is 0 Å². The van der Waals surface area contributed by atoms with Gasteiger partial charge in [0.05, 0.1) is 5.69 Å². The minimum atomic E-state index is 0.202. The van der Waals surface area contributed by atoms with Crippen LogP contribution in [0.4, 0.5) is 11.4 Å². The molecule has 1 aliphatic rings. The number of ether oxygens (including phenoxy) is 1. The molecule has 4 N–H and O–H groups in total. The van der Waals surface area contributed by atoms with Gasteiger partial charge in [0.15, 0.2) is 0 Å². The van der Waals surface area contributed by atoms with Crippen LogP contribution in [0.2, 0.25) is 0 Å². The van der Waals surface area contributed by atoms with Crippen LogP contribution >= 0.6 is 0 Å². The van der Waals surface area contributed by atoms with E-state index in [2.05, 4.69) is 4.99 Å². The van der Waals surface area contributed by atoms with Crippen LogP contribution in [0.5, 0.6) is 0 Å². The van der Waals surface area contributed by atoms with Crippen molar-refractivity contribution >= 4 is 17.4 Å². The number of nitrogens with zero attached hydrogens (tertiary/aromatic N) is 1. The first-order chi connectivity index (χ1) is 5.77. The van der Waals surface area contributed by atoms with Crippen LogP contribution in [0, 0.1) is 0 Å². The molecule has 0 bridgehead atoms. The number of fused-ring (bicyclic) bond motifs is 1. The highest BCUT2D eigenvalue weighted by atomic mass is 16.5. The largest absolute Gasteiger partial charge is 0.460 e. The molecule has 1 heterocycles. The summed E-state index contributed by atoms with van der Waals surface area (Å²) in [6.45, 7) is 0.414. The number of benzene rings is 1. The van der Waals surface area contributed by atoms with Crippen molar-refractivity contribution in [3.05, 3.63) is 23.8 Å². The molecular formula is C8H9N3O. The van der Waals surface area contributed by atoms with Crippen LogP contribution in [-0.4, -0.2) is 6.02 Å². The van der Waals surface area contributed by atoms with Gasteiger partial charge in [-0.25, -0.2) is 0 Å². The summed E-state index contributed by atoms with van der Waals surface area (Å²) in [6.07, 6.45) is 0. The molecule has 2 rings (SSSR count). The highest BCUT2D eigenvalue weighted by Crippen LogP contribution is 2.28. The lowest BCUT2D eigenvalue weighted by molar-refractivity contribution is 0.283. The fourth-order valence-electron chi connectivity index (χ4n) is 1.15. The topological polar surface area (TPSA) is 73.6 Å². The van der Waals surface area contributed by atoms with Crippen LogP contribution in [-0.2, 0) is 11.3 Å². The molecule has 12 heavy (non-hydrogen) atoms. The minimum absolute atomic E-state index is 0.202. The normalized spacial score (nSPS) is 14.5. The third-order valence-corrected chi connectivity index (χ3v) is 1.78. The van der Waals surface area contributed by atoms with E-state index < -0.39 is 0 Å². The van der Waals surface area contributed by atoms with Gasteiger partial charge in [0.2, 0.25) is 0 Å². The Kier molecular flexibility index (Phi) is 1.40. The molecule has 1 aromatic rings. The van der Waals surface area contributed by atoms with Gasteiger partial charge in [-0.2, -0.15) is 4.99 Å². The number of nitrogen functional groups attached to an aromatic ring is 1. The molecule has 0 aromatic heterocycles. The lowest BCUT2D eigenvalue weighted by Gasteiger charge is -2.15. The maximum absolute atomic E-state index is 5.70. The summed E-state index contributed by atoms with van der Waals surface area (Å²) in [7, 11) is 0. The molecule has 0 atom stereocenters. The Balaban J connectivity index is 2.57. The Morgan fingerprint density at radius 3 is 3.00 bits per heavy atom. The van der Waals surface area contributed by atoms with Gasteiger partial charge < -0.3 is 16.2 Å². The van der Waals surface area contributed by atoms with Crippen LogP contribution in [0.25, 0.3) is 0 Å². The number of anilines is 1. The average Bonchev–Trinajstić information content (AvgIpc) is 2.04. The summed E-state index contributed by atoms with van der Waals surface area (Å²) in [4.78, 5) is 4.00. The fraction of sp³-hybridized carbons (Fsp3) is 0.125. The molecule has 62 valence electrons. The number of hydrogen-bond acceptors (Lipinski definition) is 4. The SMILES string of the molecule is NC1=Nc2cccc(N)c2CO1. The van der Waals surface area contributed by atoms with Crippen LogP contribution in [0.15, 0.2) is 23.2 Å². The minimum Gasteiger partial charge on any atom is -0.460 e. The Morgan fingerprint density at radius 2 is 2.17 bits per heavy atom. The summed E-state index contributed by atoms with van der Waals surface area (Å²) in [5.74, 6) is 0. The number of nitrogens with two attached hydrogens (primary N) is 2. The third kappa shape index (κ3) is 0.972. The smallest absolute Gasteiger partial charge is 0.287 e. The van der Waals surface area contributed by atoms with E-state index in [0.717, 1.165) is 11.3 Å². The van der Waals surface area contributed by atoms with Crippen LogP contribution in [0.3, 0.4) is 0 Å². The van der Waals surface area contributed by atoms with Crippen molar-refractivity contribution < 1.29 is 4.74 Å². The van der Waals surface area contributed by atoms with E-state index in [0.29, 0.717) is 12.3 Å². The predicted molar refractivity (Wildman–Crippen MR) is 46.9 cm³/mol. The van der Waals surface area contributed by atoms with Crippen molar-refractivity contribution in [1.29, 1.82) is 0 Å². The molecule has 1 aromatic carbocycles. The van der Waals surface area contributed by atoms with Crippen LogP contribution in [0.1, 0.15) is 5.56 Å². The molecular weight excluding hydrogens is 154 g/mol. The van der Waals surface area contributed by atoms with Gasteiger partial charge in [0, 0.05) is 11.3 Å². The molecule has 0 saturated heterocycles. The monoisotopic (exact) mass is 163 g/mol. The second-order valence-corrected chi connectivity index (χ2v) is 2.58. The van der Waals surface area contributed by atoms with E-state index in [1.54, 1.807) is 0 Å². The second kappa shape index (κ2) is 2.41. The third-order valence-electron chi connectivity index (χ3n) is 1.78. The summed E-state index contributed by atoms with van der Waals surface area (Å²) in [6, 6.07) is 5.73. The molecule has 0 spiro atoms. The van der Waals surface area contributed by atoms with E-state index in [-0.39, 0.29) is 6.02 Å². The van der Waals surface area contributed by atoms with Crippen molar-refractivity contribution in [1.82, 2.24) is 0 Å². The fourth-order valence-corrected chi connectivity index (χ4v) is 1.15. The molecule has 0 unspecified atom stereocenters. The van der Waals surface area contributed by atoms with Crippen molar-refractivity contribution in [2.24, 2.45) is 10.7 Å². The summed E-state index contributed by atoms with van der Waals surface area (Å²) in [5.41, 5.74) is 13.5. The van der Waals surface area contributed by atoms with Gasteiger partial charge in [0.1, 0.15) is 6.61 Å². The van der Waals surface area contributed by atoms with Crippen molar-refractivity contribution in [2.75, 3.05) is 5.73 Å². The summed E-state index contributed by atoms with van der Waals surface area (Å²) >= 11 is 0. The number of rotatable bonds is 0. The maximum atomic E-state index is 5.70. The number of aliphatic imine (C=N–C) groups is 1. The van der Waals surface area contributed by atoms with Gasteiger partial charge in [-0.3, -0.25) is 0 Å². The molecule has 1 aliphatic heterocycles. The highest BCUT2D eigenvalue weighted by molar-refractivity contribution is 5.79. The highest BCUT2D eigenvalue weighted by Gasteiger charge is 2.12. The Hall–Kier alpha value is -1.71. The molecule has 0 aliphatic carbocycles. The average molecular weight is 163 g/mol. The van der Waals surface area contributed by atoms with E-state index in [4.69, 9.17) is 16.2 Å². The number of hydrogen-bond donors (Lipinski definition) is 2.